The molecule has 1 aliphatic rings. The number of rotatable bonds is 6. The topological polar surface area (TPSA) is 98.7 Å². The highest BCUT2D eigenvalue weighted by Gasteiger charge is 2.21. The maximum Gasteiger partial charge on any atom is 0.404 e. The first-order chi connectivity index (χ1) is 15.2. The minimum absolute atomic E-state index is 0.0489. The molecular formula is C17H24N2O4. The van der Waals surface area contributed by atoms with Gasteiger partial charge in [0.25, 0.3) is 0 Å². The Morgan fingerprint density at radius 2 is 2.09 bits per heavy atom. The van der Waals surface area contributed by atoms with Crippen molar-refractivity contribution >= 4 is 17.7 Å². The standard InChI is InChI=1S/C17H24N2O4/c20-15(9-10-18-17(22)23)13-7-4-8-14(11-13)19-16(21)12-5-2-1-3-6-12/h4,7-8,11-12,15,18,20H,1-3,5-6,9-10H2,(H,19,21)(H,22,23)/i1D2,2D2,3D2,5D2,6D2,12D. The molecule has 0 spiro atoms. The van der Waals surface area contributed by atoms with Crippen LogP contribution in [0.1, 0.15) is 65.0 Å². The Kier molecular flexibility index (Phi) is 2.84. The van der Waals surface area contributed by atoms with Gasteiger partial charge in [-0.3, -0.25) is 4.79 Å². The molecule has 2 amide bonds. The lowest BCUT2D eigenvalue weighted by Crippen LogP contribution is -2.25. The van der Waals surface area contributed by atoms with E-state index in [9.17, 15) is 14.7 Å². The summed E-state index contributed by atoms with van der Waals surface area (Å²) >= 11 is 0. The highest BCUT2D eigenvalue weighted by atomic mass is 16.4. The Hall–Kier alpha value is -2.08. The van der Waals surface area contributed by atoms with Crippen molar-refractivity contribution < 1.29 is 34.9 Å². The lowest BCUT2D eigenvalue weighted by molar-refractivity contribution is -0.120. The maximum atomic E-state index is 13.1. The predicted molar refractivity (Wildman–Crippen MR) is 87.3 cm³/mol. The molecule has 0 radical (unpaired) electrons. The van der Waals surface area contributed by atoms with Gasteiger partial charge in [0, 0.05) is 33.2 Å². The second-order valence-electron chi connectivity index (χ2n) is 4.62. The fourth-order valence-corrected chi connectivity index (χ4v) is 1.86. The van der Waals surface area contributed by atoms with Gasteiger partial charge < -0.3 is 20.8 Å². The van der Waals surface area contributed by atoms with Crippen molar-refractivity contribution in [1.82, 2.24) is 5.32 Å². The summed E-state index contributed by atoms with van der Waals surface area (Å²) in [6.07, 6.45) is -21.5. The van der Waals surface area contributed by atoms with Gasteiger partial charge in [0.15, 0.2) is 0 Å². The highest BCUT2D eigenvalue weighted by molar-refractivity contribution is 5.92. The van der Waals surface area contributed by atoms with Gasteiger partial charge in [-0.25, -0.2) is 4.79 Å². The summed E-state index contributed by atoms with van der Waals surface area (Å²) in [6.45, 7) is -0.102. The number of aliphatic hydroxyl groups excluding tert-OH is 1. The van der Waals surface area contributed by atoms with Crippen LogP contribution in [-0.4, -0.2) is 28.8 Å². The average Bonchev–Trinajstić information content (AvgIpc) is 2.71. The second kappa shape index (κ2) is 8.53. The Morgan fingerprint density at radius 1 is 1.35 bits per heavy atom. The largest absolute Gasteiger partial charge is 0.465 e. The lowest BCUT2D eigenvalue weighted by atomic mass is 9.88. The number of amides is 2. The van der Waals surface area contributed by atoms with Crippen LogP contribution in [0.2, 0.25) is 0 Å². The van der Waals surface area contributed by atoms with E-state index in [4.69, 9.17) is 20.2 Å². The molecule has 1 aliphatic carbocycles. The summed E-state index contributed by atoms with van der Waals surface area (Å²) in [5.74, 6) is -5.54. The molecule has 126 valence electrons. The van der Waals surface area contributed by atoms with E-state index in [1.165, 1.54) is 24.3 Å². The van der Waals surface area contributed by atoms with Crippen molar-refractivity contribution in [2.75, 3.05) is 11.9 Å². The molecule has 23 heavy (non-hydrogen) atoms. The van der Waals surface area contributed by atoms with Gasteiger partial charge in [-0.2, -0.15) is 0 Å². The van der Waals surface area contributed by atoms with Crippen molar-refractivity contribution in [3.8, 4) is 0 Å². The molecule has 4 N–H and O–H groups in total. The normalized spacial score (nSPS) is 36.0. The SMILES string of the molecule is [2H]C1([2H])C([2H])([2H])C([2H])([2H])C([2H])(C(=O)Nc2cccc(C(O)CCNC(=O)O)c2)C([2H])([2H])C1([2H])[2H]. The molecule has 0 heterocycles. The van der Waals surface area contributed by atoms with Crippen molar-refractivity contribution in [2.45, 2.75) is 44.4 Å². The minimum atomic E-state index is -3.83. The summed E-state index contributed by atoms with van der Waals surface area (Å²) in [5.41, 5.74) is 0.0151. The van der Waals surface area contributed by atoms with Crippen LogP contribution in [-0.2, 0) is 4.79 Å². The van der Waals surface area contributed by atoms with E-state index in [0.717, 1.165) is 0 Å². The zero-order valence-electron chi connectivity index (χ0n) is 23.0. The van der Waals surface area contributed by atoms with Gasteiger partial charge in [-0.1, -0.05) is 31.3 Å². The van der Waals surface area contributed by atoms with E-state index in [0.29, 0.717) is 0 Å². The van der Waals surface area contributed by atoms with E-state index in [-0.39, 0.29) is 24.2 Å². The van der Waals surface area contributed by atoms with Gasteiger partial charge in [0.05, 0.1) is 6.10 Å². The molecule has 0 bridgehead atoms. The molecule has 1 aromatic rings. The van der Waals surface area contributed by atoms with Gasteiger partial charge in [0.1, 0.15) is 0 Å². The quantitative estimate of drug-likeness (QED) is 0.644. The summed E-state index contributed by atoms with van der Waals surface area (Å²) in [4.78, 5) is 23.6. The van der Waals surface area contributed by atoms with Crippen molar-refractivity contribution in [2.24, 2.45) is 5.89 Å². The van der Waals surface area contributed by atoms with Crippen LogP contribution in [0.4, 0.5) is 10.5 Å². The molecule has 0 aliphatic heterocycles. The number of anilines is 1. The summed E-state index contributed by atoms with van der Waals surface area (Å²) in [5, 5.41) is 22.9. The number of hydrogen-bond donors (Lipinski definition) is 4. The summed E-state index contributed by atoms with van der Waals surface area (Å²) in [7, 11) is 0. The number of carbonyl (C=O) groups is 2. The van der Waals surface area contributed by atoms with Crippen LogP contribution in [0.15, 0.2) is 24.3 Å². The molecule has 1 saturated carbocycles. The van der Waals surface area contributed by atoms with Crippen LogP contribution in [0.25, 0.3) is 0 Å². The predicted octanol–water partition coefficient (Wildman–Crippen LogP) is 2.90. The molecule has 6 nitrogen and oxygen atoms in total. The second-order valence-corrected chi connectivity index (χ2v) is 4.62. The number of hydrogen-bond acceptors (Lipinski definition) is 3. The van der Waals surface area contributed by atoms with Crippen molar-refractivity contribution in [1.29, 1.82) is 0 Å². The van der Waals surface area contributed by atoms with Gasteiger partial charge in [0.2, 0.25) is 5.91 Å². The Balaban J connectivity index is 2.44. The monoisotopic (exact) mass is 331 g/mol. The highest BCUT2D eigenvalue weighted by Crippen LogP contribution is 2.26. The maximum absolute atomic E-state index is 13.1. The fraction of sp³-hybridized carbons (Fsp3) is 0.529. The van der Waals surface area contributed by atoms with Gasteiger partial charge >= 0.3 is 6.09 Å². The van der Waals surface area contributed by atoms with Gasteiger partial charge in [-0.05, 0) is 36.9 Å². The zero-order valence-corrected chi connectivity index (χ0v) is 12.0. The summed E-state index contributed by atoms with van der Waals surface area (Å²) in [6, 6.07) is 5.19. The molecular weight excluding hydrogens is 296 g/mol. The number of aliphatic hydroxyl groups is 1. The third-order valence-corrected chi connectivity index (χ3v) is 2.95. The molecule has 0 aromatic heterocycles. The Bertz CT molecular complexity index is 941. The smallest absolute Gasteiger partial charge is 0.404 e. The number of carbonyl (C=O) groups excluding carboxylic acids is 1. The minimum Gasteiger partial charge on any atom is -0.465 e. The Labute approximate surface area is 151 Å². The van der Waals surface area contributed by atoms with E-state index in [1.54, 1.807) is 0 Å². The third-order valence-electron chi connectivity index (χ3n) is 2.95. The first kappa shape index (κ1) is 7.66. The molecule has 1 atom stereocenters. The Morgan fingerprint density at radius 3 is 2.78 bits per heavy atom. The van der Waals surface area contributed by atoms with Crippen molar-refractivity contribution in [3.63, 3.8) is 0 Å². The first-order valence-electron chi connectivity index (χ1n) is 12.3. The van der Waals surface area contributed by atoms with Gasteiger partial charge in [-0.15, -0.1) is 0 Å². The van der Waals surface area contributed by atoms with E-state index in [1.807, 2.05) is 0 Å². The van der Waals surface area contributed by atoms with E-state index >= 15 is 0 Å². The molecule has 1 fully saturated rings. The number of nitrogens with one attached hydrogen (secondary N) is 2. The molecule has 1 unspecified atom stereocenters. The average molecular weight is 331 g/mol. The van der Waals surface area contributed by atoms with Crippen LogP contribution in [0, 0.1) is 5.89 Å². The summed E-state index contributed by atoms with van der Waals surface area (Å²) < 4.78 is 88.0. The van der Waals surface area contributed by atoms with Crippen LogP contribution < -0.4 is 10.6 Å². The number of carboxylic acid groups (broad SMARTS) is 1. The fourth-order valence-electron chi connectivity index (χ4n) is 1.86. The van der Waals surface area contributed by atoms with Crippen LogP contribution in [0.3, 0.4) is 0 Å². The molecule has 0 saturated heterocycles. The molecule has 2 rings (SSSR count). The van der Waals surface area contributed by atoms with Crippen LogP contribution in [0.5, 0.6) is 0 Å². The number of benzene rings is 1. The zero-order chi connectivity index (χ0) is 26.5. The first-order valence-corrected chi connectivity index (χ1v) is 6.76. The van der Waals surface area contributed by atoms with Crippen LogP contribution >= 0.6 is 0 Å². The van der Waals surface area contributed by atoms with E-state index in [2.05, 4.69) is 10.6 Å². The third kappa shape index (κ3) is 5.56. The van der Waals surface area contributed by atoms with E-state index < -0.39 is 55.9 Å². The molecule has 6 heteroatoms. The lowest BCUT2D eigenvalue weighted by Gasteiger charge is -2.21. The van der Waals surface area contributed by atoms with Crippen molar-refractivity contribution in [3.05, 3.63) is 29.8 Å². The molecule has 1 aromatic carbocycles.